The third kappa shape index (κ3) is 1.88. The second-order valence-electron chi connectivity index (χ2n) is 4.08. The molecule has 2 fully saturated rings. The number of hydrogen-bond donors (Lipinski definition) is 1. The van der Waals surface area contributed by atoms with Crippen molar-refractivity contribution in [3.05, 3.63) is 0 Å². The van der Waals surface area contributed by atoms with Gasteiger partial charge in [0.05, 0.1) is 18.8 Å². The van der Waals surface area contributed by atoms with Gasteiger partial charge in [0.25, 0.3) is 0 Å². The van der Waals surface area contributed by atoms with Crippen LogP contribution in [0.5, 0.6) is 0 Å². The van der Waals surface area contributed by atoms with Crippen LogP contribution in [0.3, 0.4) is 0 Å². The first kappa shape index (κ1) is 11.6. The van der Waals surface area contributed by atoms with Crippen molar-refractivity contribution in [1.29, 1.82) is 0 Å². The van der Waals surface area contributed by atoms with Gasteiger partial charge in [0.2, 0.25) is 0 Å². The number of fused-ring (bicyclic) bond motifs is 1. The van der Waals surface area contributed by atoms with E-state index in [0.29, 0.717) is 6.61 Å². The molecule has 0 saturated carbocycles. The van der Waals surface area contributed by atoms with Crippen LogP contribution in [0, 0.1) is 0 Å². The summed E-state index contributed by atoms with van der Waals surface area (Å²) in [6, 6.07) is -0.148. The number of amides is 1. The number of rotatable bonds is 3. The molecule has 3 unspecified atom stereocenters. The summed E-state index contributed by atoms with van der Waals surface area (Å²) in [5, 5.41) is 2.73. The van der Waals surface area contributed by atoms with Crippen molar-refractivity contribution < 1.29 is 23.7 Å². The Labute approximate surface area is 94.2 Å². The zero-order valence-electron chi connectivity index (χ0n) is 9.64. The van der Waals surface area contributed by atoms with Crippen LogP contribution in [-0.2, 0) is 18.9 Å². The van der Waals surface area contributed by atoms with Crippen molar-refractivity contribution in [2.24, 2.45) is 0 Å². The highest BCUT2D eigenvalue weighted by Gasteiger charge is 2.51. The van der Waals surface area contributed by atoms with Crippen molar-refractivity contribution in [2.45, 2.75) is 37.4 Å². The van der Waals surface area contributed by atoms with E-state index in [9.17, 15) is 4.79 Å². The fraction of sp³-hybridized carbons (Fsp3) is 0.900. The summed E-state index contributed by atoms with van der Waals surface area (Å²) < 4.78 is 21.4. The number of nitrogens with one attached hydrogen (secondary N) is 1. The molecule has 0 aromatic carbocycles. The van der Waals surface area contributed by atoms with E-state index < -0.39 is 6.09 Å². The molecule has 0 aromatic rings. The highest BCUT2D eigenvalue weighted by atomic mass is 16.6. The Hall–Kier alpha value is -0.850. The Morgan fingerprint density at radius 3 is 2.81 bits per heavy atom. The van der Waals surface area contributed by atoms with Gasteiger partial charge in [-0.1, -0.05) is 0 Å². The van der Waals surface area contributed by atoms with E-state index in [1.807, 2.05) is 6.92 Å². The maximum absolute atomic E-state index is 11.2. The molecule has 16 heavy (non-hydrogen) atoms. The molecule has 0 bridgehead atoms. The molecule has 0 radical (unpaired) electrons. The first-order valence-corrected chi connectivity index (χ1v) is 5.31. The predicted molar refractivity (Wildman–Crippen MR) is 54.2 cm³/mol. The molecule has 0 aromatic heterocycles. The number of carbonyl (C=O) groups is 1. The average Bonchev–Trinajstić information content (AvgIpc) is 2.61. The Bertz CT molecular complexity index is 272. The van der Waals surface area contributed by atoms with Crippen molar-refractivity contribution in [3.8, 4) is 0 Å². The molecule has 92 valence electrons. The van der Waals surface area contributed by atoms with E-state index in [-0.39, 0.29) is 30.5 Å². The minimum Gasteiger partial charge on any atom is -0.441 e. The molecule has 6 nitrogen and oxygen atoms in total. The Balaban J connectivity index is 2.14. The molecular formula is C10H17NO5. The van der Waals surface area contributed by atoms with Gasteiger partial charge in [-0.25, -0.2) is 4.79 Å². The van der Waals surface area contributed by atoms with E-state index in [4.69, 9.17) is 18.9 Å². The van der Waals surface area contributed by atoms with Gasteiger partial charge in [-0.05, 0) is 6.92 Å². The molecule has 2 rings (SSSR count). The van der Waals surface area contributed by atoms with Crippen LogP contribution in [0.1, 0.15) is 6.92 Å². The van der Waals surface area contributed by atoms with Gasteiger partial charge in [0, 0.05) is 14.2 Å². The quantitative estimate of drug-likeness (QED) is 0.735. The lowest BCUT2D eigenvalue weighted by Gasteiger charge is -2.40. The standard InChI is InChI=1S/C10H17NO5/c1-5-7-9(16-10(12)11-7)8(14-3)6(15-5)4-13-2/h5-9H,4H2,1-3H3,(H,11,12)/t5?,6?,7?,8-,9-/m1/s1. The molecule has 0 spiro atoms. The Morgan fingerprint density at radius 1 is 1.44 bits per heavy atom. The van der Waals surface area contributed by atoms with E-state index in [1.54, 1.807) is 14.2 Å². The topological polar surface area (TPSA) is 66.0 Å². The van der Waals surface area contributed by atoms with Gasteiger partial charge in [-0.15, -0.1) is 0 Å². The monoisotopic (exact) mass is 231 g/mol. The van der Waals surface area contributed by atoms with Crippen LogP contribution in [0.4, 0.5) is 4.79 Å². The van der Waals surface area contributed by atoms with E-state index in [2.05, 4.69) is 5.32 Å². The van der Waals surface area contributed by atoms with E-state index >= 15 is 0 Å². The van der Waals surface area contributed by atoms with Crippen molar-refractivity contribution in [3.63, 3.8) is 0 Å². The second kappa shape index (κ2) is 4.57. The minimum atomic E-state index is -0.412. The summed E-state index contributed by atoms with van der Waals surface area (Å²) in [5.41, 5.74) is 0. The summed E-state index contributed by atoms with van der Waals surface area (Å²) in [7, 11) is 3.18. The fourth-order valence-electron chi connectivity index (χ4n) is 2.34. The molecule has 0 aliphatic carbocycles. The van der Waals surface area contributed by atoms with Gasteiger partial charge in [-0.2, -0.15) is 0 Å². The van der Waals surface area contributed by atoms with Crippen molar-refractivity contribution >= 4 is 6.09 Å². The van der Waals surface area contributed by atoms with E-state index in [0.717, 1.165) is 0 Å². The van der Waals surface area contributed by atoms with Crippen LogP contribution in [-0.4, -0.2) is 57.4 Å². The van der Waals surface area contributed by atoms with Crippen LogP contribution in [0.2, 0.25) is 0 Å². The third-order valence-corrected chi connectivity index (χ3v) is 3.07. The largest absolute Gasteiger partial charge is 0.441 e. The average molecular weight is 231 g/mol. The molecular weight excluding hydrogens is 214 g/mol. The zero-order chi connectivity index (χ0) is 11.7. The molecule has 2 saturated heterocycles. The zero-order valence-corrected chi connectivity index (χ0v) is 9.64. The van der Waals surface area contributed by atoms with Crippen molar-refractivity contribution in [1.82, 2.24) is 5.32 Å². The number of ether oxygens (including phenoxy) is 4. The third-order valence-electron chi connectivity index (χ3n) is 3.07. The van der Waals surface area contributed by atoms with Gasteiger partial charge >= 0.3 is 6.09 Å². The summed E-state index contributed by atoms with van der Waals surface area (Å²) in [6.07, 6.45) is -1.32. The van der Waals surface area contributed by atoms with Crippen molar-refractivity contribution in [2.75, 3.05) is 20.8 Å². The summed E-state index contributed by atoms with van der Waals surface area (Å²) in [6.45, 7) is 2.32. The maximum atomic E-state index is 11.2. The van der Waals surface area contributed by atoms with E-state index in [1.165, 1.54) is 0 Å². The number of hydrogen-bond acceptors (Lipinski definition) is 5. The minimum absolute atomic E-state index is 0.108. The highest BCUT2D eigenvalue weighted by Crippen LogP contribution is 2.28. The Kier molecular flexibility index (Phi) is 3.32. The van der Waals surface area contributed by atoms with Gasteiger partial charge in [-0.3, -0.25) is 0 Å². The normalized spacial score (nSPS) is 42.4. The molecule has 2 heterocycles. The second-order valence-corrected chi connectivity index (χ2v) is 4.08. The number of alkyl carbamates (subject to hydrolysis) is 1. The van der Waals surface area contributed by atoms with Crippen LogP contribution in [0.25, 0.3) is 0 Å². The van der Waals surface area contributed by atoms with Crippen LogP contribution < -0.4 is 5.32 Å². The SMILES string of the molecule is COCC1OC(C)C2NC(=O)O[C@H]2[C@@H]1OC. The van der Waals surface area contributed by atoms with Crippen LogP contribution in [0.15, 0.2) is 0 Å². The number of carbonyl (C=O) groups excluding carboxylic acids is 1. The lowest BCUT2D eigenvalue weighted by molar-refractivity contribution is -0.185. The molecule has 6 heteroatoms. The summed E-state index contributed by atoms with van der Waals surface area (Å²) in [4.78, 5) is 11.2. The van der Waals surface area contributed by atoms with Crippen LogP contribution >= 0.6 is 0 Å². The first-order valence-electron chi connectivity index (χ1n) is 5.31. The molecule has 2 aliphatic rings. The first-order chi connectivity index (χ1) is 7.67. The van der Waals surface area contributed by atoms with Gasteiger partial charge in [0.1, 0.15) is 12.2 Å². The molecule has 1 N–H and O–H groups in total. The Morgan fingerprint density at radius 2 is 2.19 bits per heavy atom. The lowest BCUT2D eigenvalue weighted by atomic mass is 9.94. The summed E-state index contributed by atoms with van der Waals surface area (Å²) >= 11 is 0. The lowest BCUT2D eigenvalue weighted by Crippen LogP contribution is -2.59. The highest BCUT2D eigenvalue weighted by molar-refractivity contribution is 5.70. The number of methoxy groups -OCH3 is 2. The molecule has 5 atom stereocenters. The summed E-state index contributed by atoms with van der Waals surface area (Å²) in [5.74, 6) is 0. The smallest absolute Gasteiger partial charge is 0.408 e. The fourth-order valence-corrected chi connectivity index (χ4v) is 2.34. The molecule has 2 aliphatic heterocycles. The molecule has 1 amide bonds. The van der Waals surface area contributed by atoms with Gasteiger partial charge in [0.15, 0.2) is 6.10 Å². The predicted octanol–water partition coefficient (Wildman–Crippen LogP) is -0.0879. The van der Waals surface area contributed by atoms with Gasteiger partial charge < -0.3 is 24.3 Å². The maximum Gasteiger partial charge on any atom is 0.408 e.